The quantitative estimate of drug-likeness (QED) is 0.786. The van der Waals surface area contributed by atoms with Crippen LogP contribution >= 0.6 is 0 Å². The van der Waals surface area contributed by atoms with E-state index in [1.165, 1.54) is 0 Å². The van der Waals surface area contributed by atoms with E-state index in [0.29, 0.717) is 12.3 Å². The van der Waals surface area contributed by atoms with E-state index in [-0.39, 0.29) is 0 Å². The molecule has 0 saturated carbocycles. The summed E-state index contributed by atoms with van der Waals surface area (Å²) in [5.41, 5.74) is 0.848. The van der Waals surface area contributed by atoms with E-state index in [2.05, 4.69) is 5.32 Å². The molecule has 0 fully saturated rings. The highest BCUT2D eigenvalue weighted by atomic mass is 16.5. The Morgan fingerprint density at radius 2 is 2.12 bits per heavy atom. The lowest BCUT2D eigenvalue weighted by Crippen LogP contribution is -2.37. The van der Waals surface area contributed by atoms with Gasteiger partial charge in [0.15, 0.2) is 5.75 Å². The summed E-state index contributed by atoms with van der Waals surface area (Å²) in [7, 11) is 0. The average molecular weight is 229 g/mol. The van der Waals surface area contributed by atoms with Crippen LogP contribution in [0.5, 0.6) is 5.75 Å². The second-order valence-electron chi connectivity index (χ2n) is 3.99. The first-order valence-corrected chi connectivity index (χ1v) is 5.41. The lowest BCUT2D eigenvalue weighted by molar-refractivity contribution is -0.144. The van der Waals surface area contributed by atoms with Gasteiger partial charge in [0, 0.05) is 5.39 Å². The van der Waals surface area contributed by atoms with Gasteiger partial charge in [-0.05, 0) is 11.5 Å². The van der Waals surface area contributed by atoms with Crippen LogP contribution in [0, 0.1) is 0 Å². The third-order valence-electron chi connectivity index (χ3n) is 2.89. The second kappa shape index (κ2) is 3.66. The monoisotopic (exact) mass is 229 g/mol. The molecule has 2 N–H and O–H groups in total. The van der Waals surface area contributed by atoms with Crippen molar-refractivity contribution in [1.29, 1.82) is 0 Å². The second-order valence-corrected chi connectivity index (χ2v) is 3.99. The van der Waals surface area contributed by atoms with E-state index in [1.807, 2.05) is 36.4 Å². The Kier molecular flexibility index (Phi) is 2.14. The molecule has 0 amide bonds. The van der Waals surface area contributed by atoms with Crippen molar-refractivity contribution in [3.63, 3.8) is 0 Å². The van der Waals surface area contributed by atoms with Crippen molar-refractivity contribution in [2.75, 3.05) is 11.9 Å². The Bertz CT molecular complexity index is 594. The first-order valence-electron chi connectivity index (χ1n) is 5.41. The molecule has 4 nitrogen and oxygen atoms in total. The van der Waals surface area contributed by atoms with E-state index in [1.54, 1.807) is 0 Å². The van der Waals surface area contributed by atoms with Gasteiger partial charge in [-0.2, -0.15) is 0 Å². The lowest BCUT2D eigenvalue weighted by atomic mass is 10.1. The summed E-state index contributed by atoms with van der Waals surface area (Å²) in [6.07, 6.45) is -0.826. The van der Waals surface area contributed by atoms with Crippen LogP contribution in [0.1, 0.15) is 0 Å². The molecule has 0 bridgehead atoms. The van der Waals surface area contributed by atoms with Crippen LogP contribution in [0.2, 0.25) is 0 Å². The smallest absolute Gasteiger partial charge is 0.346 e. The number of carboxylic acids is 1. The van der Waals surface area contributed by atoms with Crippen LogP contribution in [0.4, 0.5) is 5.69 Å². The summed E-state index contributed by atoms with van der Waals surface area (Å²) in [6, 6.07) is 11.7. The highest BCUT2D eigenvalue weighted by molar-refractivity contribution is 5.94. The molecule has 0 aliphatic carbocycles. The van der Waals surface area contributed by atoms with E-state index in [9.17, 15) is 4.79 Å². The zero-order valence-corrected chi connectivity index (χ0v) is 9.01. The first kappa shape index (κ1) is 9.96. The third-order valence-corrected chi connectivity index (χ3v) is 2.89. The average Bonchev–Trinajstić information content (AvgIpc) is 2.38. The molecule has 0 aromatic heterocycles. The van der Waals surface area contributed by atoms with Crippen LogP contribution in [0.25, 0.3) is 10.8 Å². The van der Waals surface area contributed by atoms with E-state index in [4.69, 9.17) is 9.84 Å². The molecule has 0 spiro atoms. The molecule has 1 aliphatic heterocycles. The van der Waals surface area contributed by atoms with E-state index < -0.39 is 12.1 Å². The maximum absolute atomic E-state index is 10.9. The first-order chi connectivity index (χ1) is 8.25. The van der Waals surface area contributed by atoms with Gasteiger partial charge in [0.1, 0.15) is 0 Å². The van der Waals surface area contributed by atoms with Gasteiger partial charge in [-0.3, -0.25) is 0 Å². The SMILES string of the molecule is O=C(O)C1CNc2ccc3ccccc3c2O1. The molecule has 0 saturated heterocycles. The van der Waals surface area contributed by atoms with Crippen molar-refractivity contribution in [3.05, 3.63) is 36.4 Å². The van der Waals surface area contributed by atoms with Gasteiger partial charge in [0.2, 0.25) is 6.10 Å². The summed E-state index contributed by atoms with van der Waals surface area (Å²) >= 11 is 0. The summed E-state index contributed by atoms with van der Waals surface area (Å²) in [5.74, 6) is -0.321. The van der Waals surface area contributed by atoms with Crippen LogP contribution in [0.3, 0.4) is 0 Å². The molecule has 1 atom stereocenters. The van der Waals surface area contributed by atoms with Crippen LogP contribution in [-0.2, 0) is 4.79 Å². The molecule has 2 aromatic carbocycles. The largest absolute Gasteiger partial charge is 0.478 e. The number of carboxylic acid groups (broad SMARTS) is 1. The van der Waals surface area contributed by atoms with Crippen molar-refractivity contribution in [2.45, 2.75) is 6.10 Å². The Morgan fingerprint density at radius 3 is 2.94 bits per heavy atom. The van der Waals surface area contributed by atoms with Crippen LogP contribution in [-0.4, -0.2) is 23.7 Å². The topological polar surface area (TPSA) is 58.6 Å². The minimum Gasteiger partial charge on any atom is -0.478 e. The molecule has 17 heavy (non-hydrogen) atoms. The summed E-state index contributed by atoms with van der Waals surface area (Å²) < 4.78 is 5.54. The zero-order valence-electron chi connectivity index (χ0n) is 9.01. The minimum atomic E-state index is -0.948. The fraction of sp³-hybridized carbons (Fsp3) is 0.154. The van der Waals surface area contributed by atoms with Crippen molar-refractivity contribution < 1.29 is 14.6 Å². The number of ether oxygens (including phenoxy) is 1. The maximum atomic E-state index is 10.9. The number of fused-ring (bicyclic) bond motifs is 3. The normalized spacial score (nSPS) is 18.0. The number of benzene rings is 2. The number of aliphatic carboxylic acids is 1. The molecule has 4 heteroatoms. The maximum Gasteiger partial charge on any atom is 0.346 e. The molecule has 1 heterocycles. The third kappa shape index (κ3) is 1.58. The molecular formula is C13H11NO3. The molecule has 1 aliphatic rings. The zero-order chi connectivity index (χ0) is 11.8. The lowest BCUT2D eigenvalue weighted by Gasteiger charge is -2.25. The van der Waals surface area contributed by atoms with Crippen molar-refractivity contribution >= 4 is 22.4 Å². The number of rotatable bonds is 1. The Morgan fingerprint density at radius 1 is 1.29 bits per heavy atom. The number of carbonyl (C=O) groups is 1. The summed E-state index contributed by atoms with van der Waals surface area (Å²) in [4.78, 5) is 10.9. The molecule has 2 aromatic rings. The summed E-state index contributed by atoms with van der Waals surface area (Å²) in [6.45, 7) is 0.292. The number of anilines is 1. The van der Waals surface area contributed by atoms with Gasteiger partial charge < -0.3 is 15.2 Å². The Labute approximate surface area is 97.8 Å². The predicted molar refractivity (Wildman–Crippen MR) is 64.5 cm³/mol. The molecule has 1 unspecified atom stereocenters. The Balaban J connectivity index is 2.15. The van der Waals surface area contributed by atoms with Crippen molar-refractivity contribution in [1.82, 2.24) is 0 Å². The van der Waals surface area contributed by atoms with Gasteiger partial charge in [-0.1, -0.05) is 30.3 Å². The molecule has 0 radical (unpaired) electrons. The van der Waals surface area contributed by atoms with Gasteiger partial charge in [-0.25, -0.2) is 4.79 Å². The van der Waals surface area contributed by atoms with E-state index in [0.717, 1.165) is 16.5 Å². The van der Waals surface area contributed by atoms with Gasteiger partial charge in [0.05, 0.1) is 12.2 Å². The minimum absolute atomic E-state index is 0.292. The van der Waals surface area contributed by atoms with Gasteiger partial charge >= 0.3 is 5.97 Å². The van der Waals surface area contributed by atoms with E-state index >= 15 is 0 Å². The van der Waals surface area contributed by atoms with Crippen LogP contribution < -0.4 is 10.1 Å². The number of nitrogens with one attached hydrogen (secondary N) is 1. The molecule has 86 valence electrons. The number of hydrogen-bond acceptors (Lipinski definition) is 3. The number of hydrogen-bond donors (Lipinski definition) is 2. The Hall–Kier alpha value is -2.23. The van der Waals surface area contributed by atoms with Gasteiger partial charge in [0.25, 0.3) is 0 Å². The fourth-order valence-electron chi connectivity index (χ4n) is 2.03. The van der Waals surface area contributed by atoms with Crippen molar-refractivity contribution in [2.24, 2.45) is 0 Å². The summed E-state index contributed by atoms with van der Waals surface area (Å²) in [5, 5.41) is 14.0. The standard InChI is InChI=1S/C13H11NO3/c15-13(16)11-7-14-10-6-5-8-3-1-2-4-9(8)12(10)17-11/h1-6,11,14H,7H2,(H,15,16). The fourth-order valence-corrected chi connectivity index (χ4v) is 2.03. The van der Waals surface area contributed by atoms with Gasteiger partial charge in [-0.15, -0.1) is 0 Å². The predicted octanol–water partition coefficient (Wildman–Crippen LogP) is 2.10. The molecular weight excluding hydrogens is 218 g/mol. The van der Waals surface area contributed by atoms with Crippen molar-refractivity contribution in [3.8, 4) is 5.75 Å². The van der Waals surface area contributed by atoms with Crippen LogP contribution in [0.15, 0.2) is 36.4 Å². The molecule has 3 rings (SSSR count). The highest BCUT2D eigenvalue weighted by Crippen LogP contribution is 2.36. The highest BCUT2D eigenvalue weighted by Gasteiger charge is 2.26.